The molecule has 4 heteroatoms. The second-order valence-corrected chi connectivity index (χ2v) is 5.95. The van der Waals surface area contributed by atoms with Gasteiger partial charge in [-0.15, -0.1) is 0 Å². The number of hydrogen-bond donors (Lipinski definition) is 1. The number of halogens is 2. The Hall–Kier alpha value is -0.460. The molecule has 0 saturated carbocycles. The predicted octanol–water partition coefficient (Wildman–Crippen LogP) is 3.72. The van der Waals surface area contributed by atoms with Crippen LogP contribution in [0.4, 0.5) is 0 Å². The Kier molecular flexibility index (Phi) is 4.53. The molecular weight excluding hydrogens is 393 g/mol. The lowest BCUT2D eigenvalue weighted by Gasteiger charge is -2.11. The van der Waals surface area contributed by atoms with Crippen molar-refractivity contribution in [3.05, 3.63) is 61.9 Å². The molecule has 1 heterocycles. The fraction of sp³-hybridized carbons (Fsp3) is 0.154. The van der Waals surface area contributed by atoms with E-state index in [1.54, 1.807) is 12.4 Å². The molecule has 0 spiro atoms. The zero-order chi connectivity index (χ0) is 12.3. The van der Waals surface area contributed by atoms with E-state index in [0.717, 1.165) is 19.2 Å². The molecule has 1 aromatic heterocycles. The molecule has 1 unspecified atom stereocenters. The number of rotatable bonds is 3. The molecule has 1 aromatic carbocycles. The Bertz CT molecular complexity index is 518. The molecule has 0 saturated heterocycles. The summed E-state index contributed by atoms with van der Waals surface area (Å²) >= 11 is 5.62. The normalized spacial score (nSPS) is 12.4. The Morgan fingerprint density at radius 3 is 2.82 bits per heavy atom. The van der Waals surface area contributed by atoms with E-state index in [4.69, 9.17) is 0 Å². The number of hydrogen-bond acceptors (Lipinski definition) is 2. The second-order valence-electron chi connectivity index (χ2n) is 3.79. The summed E-state index contributed by atoms with van der Waals surface area (Å²) in [4.78, 5) is 4.09. The summed E-state index contributed by atoms with van der Waals surface area (Å²) in [6.45, 7) is 0. The molecule has 88 valence electrons. The molecule has 2 aromatic rings. The zero-order valence-electron chi connectivity index (χ0n) is 8.98. The molecule has 17 heavy (non-hydrogen) atoms. The lowest BCUT2D eigenvalue weighted by Crippen LogP contribution is -2.02. The number of benzene rings is 1. The van der Waals surface area contributed by atoms with Crippen molar-refractivity contribution in [1.82, 2.24) is 4.98 Å². The van der Waals surface area contributed by atoms with Gasteiger partial charge >= 0.3 is 0 Å². The standard InChI is InChI=1S/C13H11BrINO/c14-11-4-9(7-16-8-11)5-13(17)10-2-1-3-12(15)6-10/h1-4,6-8,13,17H,5H2. The fourth-order valence-electron chi connectivity index (χ4n) is 1.62. The molecule has 0 bridgehead atoms. The summed E-state index contributed by atoms with van der Waals surface area (Å²) in [6.07, 6.45) is 3.61. The van der Waals surface area contributed by atoms with Gasteiger partial charge in [0, 0.05) is 26.9 Å². The number of pyridine rings is 1. The maximum Gasteiger partial charge on any atom is 0.0831 e. The molecular formula is C13H11BrINO. The average molecular weight is 404 g/mol. The van der Waals surface area contributed by atoms with Gasteiger partial charge in [0.2, 0.25) is 0 Å². The van der Waals surface area contributed by atoms with Crippen LogP contribution in [0.25, 0.3) is 0 Å². The molecule has 0 radical (unpaired) electrons. The van der Waals surface area contributed by atoms with E-state index < -0.39 is 6.10 Å². The van der Waals surface area contributed by atoms with Crippen LogP contribution < -0.4 is 0 Å². The SMILES string of the molecule is OC(Cc1cncc(Br)c1)c1cccc(I)c1. The summed E-state index contributed by atoms with van der Waals surface area (Å²) in [5, 5.41) is 10.1. The molecule has 2 rings (SSSR count). The van der Waals surface area contributed by atoms with Crippen LogP contribution >= 0.6 is 38.5 Å². The van der Waals surface area contributed by atoms with Crippen molar-refractivity contribution in [2.24, 2.45) is 0 Å². The summed E-state index contributed by atoms with van der Waals surface area (Å²) in [7, 11) is 0. The second kappa shape index (κ2) is 5.93. The highest BCUT2D eigenvalue weighted by Crippen LogP contribution is 2.21. The number of aliphatic hydroxyl groups excluding tert-OH is 1. The van der Waals surface area contributed by atoms with Gasteiger partial charge in [0.05, 0.1) is 6.10 Å². The lowest BCUT2D eigenvalue weighted by atomic mass is 10.0. The summed E-state index contributed by atoms with van der Waals surface area (Å²) in [5.41, 5.74) is 1.96. The van der Waals surface area contributed by atoms with Crippen LogP contribution in [0.2, 0.25) is 0 Å². The van der Waals surface area contributed by atoms with Crippen molar-refractivity contribution in [2.75, 3.05) is 0 Å². The minimum Gasteiger partial charge on any atom is -0.388 e. The average Bonchev–Trinajstić information content (AvgIpc) is 2.29. The van der Waals surface area contributed by atoms with E-state index in [1.807, 2.05) is 30.3 Å². The third-order valence-electron chi connectivity index (χ3n) is 2.42. The predicted molar refractivity (Wildman–Crippen MR) is 79.8 cm³/mol. The zero-order valence-corrected chi connectivity index (χ0v) is 12.7. The Morgan fingerprint density at radius 2 is 2.12 bits per heavy atom. The molecule has 1 atom stereocenters. The van der Waals surface area contributed by atoms with Crippen molar-refractivity contribution in [3.8, 4) is 0 Å². The highest BCUT2D eigenvalue weighted by atomic mass is 127. The van der Waals surface area contributed by atoms with Gasteiger partial charge in [-0.1, -0.05) is 12.1 Å². The highest BCUT2D eigenvalue weighted by Gasteiger charge is 2.09. The monoisotopic (exact) mass is 403 g/mol. The maximum absolute atomic E-state index is 10.1. The van der Waals surface area contributed by atoms with E-state index in [0.29, 0.717) is 6.42 Å². The van der Waals surface area contributed by atoms with Crippen LogP contribution in [-0.2, 0) is 6.42 Å². The number of aliphatic hydroxyl groups is 1. The molecule has 0 fully saturated rings. The summed E-state index contributed by atoms with van der Waals surface area (Å²) in [5.74, 6) is 0. The largest absolute Gasteiger partial charge is 0.388 e. The molecule has 1 N–H and O–H groups in total. The van der Waals surface area contributed by atoms with Crippen molar-refractivity contribution in [2.45, 2.75) is 12.5 Å². The third-order valence-corrected chi connectivity index (χ3v) is 3.53. The first-order chi connectivity index (χ1) is 8.15. The first-order valence-electron chi connectivity index (χ1n) is 5.18. The van der Waals surface area contributed by atoms with E-state index in [1.165, 1.54) is 0 Å². The van der Waals surface area contributed by atoms with Gasteiger partial charge in [-0.2, -0.15) is 0 Å². The van der Waals surface area contributed by atoms with Gasteiger partial charge in [0.25, 0.3) is 0 Å². The van der Waals surface area contributed by atoms with Gasteiger partial charge < -0.3 is 5.11 Å². The highest BCUT2D eigenvalue weighted by molar-refractivity contribution is 14.1. The van der Waals surface area contributed by atoms with Crippen LogP contribution in [0.3, 0.4) is 0 Å². The first-order valence-corrected chi connectivity index (χ1v) is 7.05. The van der Waals surface area contributed by atoms with Crippen molar-refractivity contribution >= 4 is 38.5 Å². The van der Waals surface area contributed by atoms with Crippen LogP contribution in [0.1, 0.15) is 17.2 Å². The van der Waals surface area contributed by atoms with E-state index >= 15 is 0 Å². The van der Waals surface area contributed by atoms with Crippen molar-refractivity contribution in [1.29, 1.82) is 0 Å². The third kappa shape index (κ3) is 3.76. The summed E-state index contributed by atoms with van der Waals surface area (Å²) in [6, 6.07) is 9.88. The van der Waals surface area contributed by atoms with E-state index in [-0.39, 0.29) is 0 Å². The van der Waals surface area contributed by atoms with Gasteiger partial charge in [-0.3, -0.25) is 4.98 Å². The molecule has 0 aliphatic carbocycles. The lowest BCUT2D eigenvalue weighted by molar-refractivity contribution is 0.178. The molecule has 2 nitrogen and oxygen atoms in total. The fourth-order valence-corrected chi connectivity index (χ4v) is 2.60. The summed E-state index contributed by atoms with van der Waals surface area (Å²) < 4.78 is 2.07. The van der Waals surface area contributed by atoms with Gasteiger partial charge in [-0.25, -0.2) is 0 Å². The Morgan fingerprint density at radius 1 is 1.29 bits per heavy atom. The van der Waals surface area contributed by atoms with Gasteiger partial charge in [0.15, 0.2) is 0 Å². The first kappa shape index (κ1) is 13.0. The van der Waals surface area contributed by atoms with Crippen molar-refractivity contribution < 1.29 is 5.11 Å². The number of nitrogens with zero attached hydrogens (tertiary/aromatic N) is 1. The smallest absolute Gasteiger partial charge is 0.0831 e. The molecule has 0 aliphatic heterocycles. The van der Waals surface area contributed by atoms with Crippen LogP contribution in [-0.4, -0.2) is 10.1 Å². The van der Waals surface area contributed by atoms with E-state index in [2.05, 4.69) is 43.5 Å². The van der Waals surface area contributed by atoms with Crippen LogP contribution in [0, 0.1) is 3.57 Å². The Labute approximate surface area is 122 Å². The van der Waals surface area contributed by atoms with Crippen LogP contribution in [0.5, 0.6) is 0 Å². The molecule has 0 aliphatic rings. The quantitative estimate of drug-likeness (QED) is 0.792. The van der Waals surface area contributed by atoms with Crippen molar-refractivity contribution in [3.63, 3.8) is 0 Å². The van der Waals surface area contributed by atoms with Gasteiger partial charge in [-0.05, 0) is 67.8 Å². The van der Waals surface area contributed by atoms with Gasteiger partial charge in [0.1, 0.15) is 0 Å². The molecule has 0 amide bonds. The van der Waals surface area contributed by atoms with E-state index in [9.17, 15) is 5.11 Å². The topological polar surface area (TPSA) is 33.1 Å². The number of aromatic nitrogens is 1. The Balaban J connectivity index is 2.14. The maximum atomic E-state index is 10.1. The minimum absolute atomic E-state index is 0.485. The van der Waals surface area contributed by atoms with Crippen LogP contribution in [0.15, 0.2) is 47.2 Å². The minimum atomic E-state index is -0.485.